The van der Waals surface area contributed by atoms with E-state index in [9.17, 15) is 9.59 Å². The van der Waals surface area contributed by atoms with Crippen molar-refractivity contribution in [3.05, 3.63) is 34.7 Å². The van der Waals surface area contributed by atoms with Crippen LogP contribution in [0.1, 0.15) is 13.8 Å². The Morgan fingerprint density at radius 3 is 2.79 bits per heavy atom. The van der Waals surface area contributed by atoms with E-state index in [1.807, 2.05) is 26.0 Å². The van der Waals surface area contributed by atoms with Gasteiger partial charge in [-0.05, 0) is 26.0 Å². The fourth-order valence-electron chi connectivity index (χ4n) is 1.88. The lowest BCUT2D eigenvalue weighted by Gasteiger charge is -2.24. The normalized spacial score (nSPS) is 11.7. The van der Waals surface area contributed by atoms with Crippen molar-refractivity contribution in [2.24, 2.45) is 5.73 Å². The number of imidazole rings is 1. The zero-order valence-electron chi connectivity index (χ0n) is 11.1. The highest BCUT2D eigenvalue weighted by molar-refractivity contribution is 5.80. The molecule has 0 radical (unpaired) electrons. The number of hydrogen-bond acceptors (Lipinski definition) is 3. The highest BCUT2D eigenvalue weighted by Gasteiger charge is 2.19. The second-order valence-electron chi connectivity index (χ2n) is 5.17. The summed E-state index contributed by atoms with van der Waals surface area (Å²) in [5.41, 5.74) is 6.23. The Morgan fingerprint density at radius 1 is 1.42 bits per heavy atom. The number of nitrogens with zero attached hydrogens (tertiary/aromatic N) is 1. The number of benzene rings is 1. The van der Waals surface area contributed by atoms with Crippen LogP contribution in [-0.4, -0.2) is 27.5 Å². The summed E-state index contributed by atoms with van der Waals surface area (Å²) in [7, 11) is 0. The van der Waals surface area contributed by atoms with E-state index in [0.29, 0.717) is 12.1 Å². The quantitative estimate of drug-likeness (QED) is 0.734. The Labute approximate surface area is 110 Å². The molecule has 0 spiro atoms. The third-order valence-electron chi connectivity index (χ3n) is 2.97. The number of para-hydroxylation sites is 2. The second-order valence-corrected chi connectivity index (χ2v) is 5.17. The SMILES string of the molecule is CC(C)(CN)NC(=O)Cn1c(=O)[nH]c2ccccc21. The molecule has 0 unspecified atom stereocenters. The summed E-state index contributed by atoms with van der Waals surface area (Å²) in [4.78, 5) is 26.5. The Bertz CT molecular complexity index is 654. The van der Waals surface area contributed by atoms with Crippen LogP contribution in [0.15, 0.2) is 29.1 Å². The summed E-state index contributed by atoms with van der Waals surface area (Å²) in [6.07, 6.45) is 0. The number of nitrogens with one attached hydrogen (secondary N) is 2. The average molecular weight is 262 g/mol. The molecule has 6 nitrogen and oxygen atoms in total. The second kappa shape index (κ2) is 4.89. The van der Waals surface area contributed by atoms with E-state index in [2.05, 4.69) is 10.3 Å². The number of rotatable bonds is 4. The Morgan fingerprint density at radius 2 is 2.11 bits per heavy atom. The molecule has 4 N–H and O–H groups in total. The van der Waals surface area contributed by atoms with Gasteiger partial charge in [-0.1, -0.05) is 12.1 Å². The number of carbonyl (C=O) groups excluding carboxylic acids is 1. The monoisotopic (exact) mass is 262 g/mol. The van der Waals surface area contributed by atoms with Crippen LogP contribution < -0.4 is 16.7 Å². The van der Waals surface area contributed by atoms with Crippen molar-refractivity contribution < 1.29 is 4.79 Å². The molecule has 1 aromatic carbocycles. The van der Waals surface area contributed by atoms with Gasteiger partial charge >= 0.3 is 5.69 Å². The van der Waals surface area contributed by atoms with Crippen molar-refractivity contribution in [3.63, 3.8) is 0 Å². The molecule has 0 aliphatic rings. The molecule has 0 aliphatic carbocycles. The third-order valence-corrected chi connectivity index (χ3v) is 2.97. The van der Waals surface area contributed by atoms with E-state index in [0.717, 1.165) is 5.52 Å². The van der Waals surface area contributed by atoms with E-state index in [-0.39, 0.29) is 18.1 Å². The zero-order valence-corrected chi connectivity index (χ0v) is 11.1. The van der Waals surface area contributed by atoms with Crippen molar-refractivity contribution in [1.82, 2.24) is 14.9 Å². The van der Waals surface area contributed by atoms with Gasteiger partial charge in [0.05, 0.1) is 11.0 Å². The van der Waals surface area contributed by atoms with Crippen LogP contribution in [0.4, 0.5) is 0 Å². The molecular weight excluding hydrogens is 244 g/mol. The maximum Gasteiger partial charge on any atom is 0.326 e. The van der Waals surface area contributed by atoms with E-state index < -0.39 is 5.54 Å². The van der Waals surface area contributed by atoms with Gasteiger partial charge in [-0.25, -0.2) is 4.79 Å². The zero-order chi connectivity index (χ0) is 14.0. The highest BCUT2D eigenvalue weighted by Crippen LogP contribution is 2.08. The first-order valence-electron chi connectivity index (χ1n) is 6.11. The minimum Gasteiger partial charge on any atom is -0.348 e. The molecular formula is C13H18N4O2. The third kappa shape index (κ3) is 2.85. The summed E-state index contributed by atoms with van der Waals surface area (Å²) in [5.74, 6) is -0.234. The van der Waals surface area contributed by atoms with Crippen LogP contribution in [-0.2, 0) is 11.3 Å². The first-order valence-corrected chi connectivity index (χ1v) is 6.11. The van der Waals surface area contributed by atoms with Crippen LogP contribution in [0.3, 0.4) is 0 Å². The van der Waals surface area contributed by atoms with Crippen LogP contribution in [0.2, 0.25) is 0 Å². The van der Waals surface area contributed by atoms with Gasteiger partial charge in [-0.3, -0.25) is 9.36 Å². The molecule has 0 bridgehead atoms. The first kappa shape index (κ1) is 13.4. The summed E-state index contributed by atoms with van der Waals surface area (Å²) in [6, 6.07) is 7.26. The smallest absolute Gasteiger partial charge is 0.326 e. The summed E-state index contributed by atoms with van der Waals surface area (Å²) < 4.78 is 1.41. The van der Waals surface area contributed by atoms with Gasteiger partial charge in [-0.2, -0.15) is 0 Å². The van der Waals surface area contributed by atoms with Crippen LogP contribution >= 0.6 is 0 Å². The molecule has 2 rings (SSSR count). The van der Waals surface area contributed by atoms with Crippen molar-refractivity contribution in [1.29, 1.82) is 0 Å². The van der Waals surface area contributed by atoms with Crippen molar-refractivity contribution in [3.8, 4) is 0 Å². The molecule has 1 aromatic heterocycles. The molecule has 0 saturated carbocycles. The van der Waals surface area contributed by atoms with Crippen LogP contribution in [0.5, 0.6) is 0 Å². The molecule has 1 amide bonds. The maximum atomic E-state index is 11.9. The molecule has 102 valence electrons. The van der Waals surface area contributed by atoms with Gasteiger partial charge in [0, 0.05) is 12.1 Å². The molecule has 2 aromatic rings. The fourth-order valence-corrected chi connectivity index (χ4v) is 1.88. The molecule has 0 aliphatic heterocycles. The number of nitrogens with two attached hydrogens (primary N) is 1. The number of carbonyl (C=O) groups is 1. The van der Waals surface area contributed by atoms with Gasteiger partial charge < -0.3 is 16.0 Å². The van der Waals surface area contributed by atoms with Crippen LogP contribution in [0.25, 0.3) is 11.0 Å². The van der Waals surface area contributed by atoms with Crippen molar-refractivity contribution in [2.75, 3.05) is 6.54 Å². The molecule has 0 atom stereocenters. The Balaban J connectivity index is 2.24. The van der Waals surface area contributed by atoms with Gasteiger partial charge in [0.25, 0.3) is 0 Å². The maximum absolute atomic E-state index is 11.9. The molecule has 6 heteroatoms. The molecule has 1 heterocycles. The van der Waals surface area contributed by atoms with Gasteiger partial charge in [0.15, 0.2) is 0 Å². The van der Waals surface area contributed by atoms with E-state index >= 15 is 0 Å². The molecule has 0 saturated heterocycles. The number of hydrogen-bond donors (Lipinski definition) is 3. The fraction of sp³-hybridized carbons (Fsp3) is 0.385. The number of amides is 1. The highest BCUT2D eigenvalue weighted by atomic mass is 16.2. The number of fused-ring (bicyclic) bond motifs is 1. The minimum absolute atomic E-state index is 0.0216. The summed E-state index contributed by atoms with van der Waals surface area (Å²) >= 11 is 0. The van der Waals surface area contributed by atoms with Crippen LogP contribution in [0, 0.1) is 0 Å². The first-order chi connectivity index (χ1) is 8.93. The lowest BCUT2D eigenvalue weighted by molar-refractivity contribution is -0.123. The van der Waals surface area contributed by atoms with E-state index in [1.165, 1.54) is 4.57 Å². The molecule has 19 heavy (non-hydrogen) atoms. The summed E-state index contributed by atoms with van der Waals surface area (Å²) in [6.45, 7) is 3.99. The number of aromatic nitrogens is 2. The van der Waals surface area contributed by atoms with Crippen molar-refractivity contribution in [2.45, 2.75) is 25.9 Å². The van der Waals surface area contributed by atoms with Crippen molar-refractivity contribution >= 4 is 16.9 Å². The van der Waals surface area contributed by atoms with E-state index in [1.54, 1.807) is 12.1 Å². The Kier molecular flexibility index (Phi) is 3.44. The minimum atomic E-state index is -0.479. The Hall–Kier alpha value is -2.08. The number of aromatic amines is 1. The molecule has 0 fully saturated rings. The van der Waals surface area contributed by atoms with Gasteiger partial charge in [0.1, 0.15) is 6.54 Å². The predicted molar refractivity (Wildman–Crippen MR) is 73.8 cm³/mol. The average Bonchev–Trinajstić information content (AvgIpc) is 2.66. The van der Waals surface area contributed by atoms with E-state index in [4.69, 9.17) is 5.73 Å². The topological polar surface area (TPSA) is 92.9 Å². The standard InChI is InChI=1S/C13H18N4O2/c1-13(2,8-14)16-11(18)7-17-10-6-4-3-5-9(10)15-12(17)19/h3-6H,7-8,14H2,1-2H3,(H,15,19)(H,16,18). The largest absolute Gasteiger partial charge is 0.348 e. The lowest BCUT2D eigenvalue weighted by Crippen LogP contribution is -2.50. The lowest BCUT2D eigenvalue weighted by atomic mass is 10.1. The van der Waals surface area contributed by atoms with Gasteiger partial charge in [0.2, 0.25) is 5.91 Å². The van der Waals surface area contributed by atoms with Gasteiger partial charge in [-0.15, -0.1) is 0 Å². The summed E-state index contributed by atoms with van der Waals surface area (Å²) in [5, 5.41) is 2.80. The number of H-pyrrole nitrogens is 1. The predicted octanol–water partition coefficient (Wildman–Crippen LogP) is 0.183.